The van der Waals surface area contributed by atoms with E-state index in [0.717, 1.165) is 0 Å². The maximum absolute atomic E-state index is 10.9. The zero-order chi connectivity index (χ0) is 10.1. The van der Waals surface area contributed by atoms with Gasteiger partial charge >= 0.3 is 0 Å². The topological polar surface area (TPSA) is 59.9 Å². The Labute approximate surface area is 81.4 Å². The average Bonchev–Trinajstić information content (AvgIpc) is 2.03. The first-order valence-corrected chi connectivity index (χ1v) is 5.99. The summed E-state index contributed by atoms with van der Waals surface area (Å²) >= 11 is 0. The van der Waals surface area contributed by atoms with Crippen LogP contribution in [0.4, 0.5) is 0 Å². The van der Waals surface area contributed by atoms with Crippen molar-refractivity contribution in [1.29, 1.82) is 0 Å². The largest absolute Gasteiger partial charge is 0.278 e. The number of hydrogen-bond donors (Lipinski definition) is 0. The molecule has 0 spiro atoms. The van der Waals surface area contributed by atoms with Gasteiger partial charge in [-0.05, 0) is 12.0 Å². The van der Waals surface area contributed by atoms with E-state index in [1.807, 2.05) is 13.8 Å². The highest BCUT2D eigenvalue weighted by Gasteiger charge is 2.13. The molecule has 0 aliphatic carbocycles. The van der Waals surface area contributed by atoms with Gasteiger partial charge < -0.3 is 0 Å². The monoisotopic (exact) mass is 220 g/mol. The fraction of sp³-hybridized carbons (Fsp3) is 0.429. The average molecular weight is 221 g/mol. The molecule has 6 heteroatoms. The van der Waals surface area contributed by atoms with Gasteiger partial charge in [-0.15, -0.1) is 0 Å². The Balaban J connectivity index is 3.21. The highest BCUT2D eigenvalue weighted by atomic mass is 35.7. The Kier molecular flexibility index (Phi) is 2.87. The Morgan fingerprint density at radius 1 is 1.38 bits per heavy atom. The van der Waals surface area contributed by atoms with Crippen molar-refractivity contribution < 1.29 is 8.42 Å². The molecule has 0 atom stereocenters. The van der Waals surface area contributed by atoms with Gasteiger partial charge in [-0.3, -0.25) is 0 Å². The van der Waals surface area contributed by atoms with E-state index in [2.05, 4.69) is 9.97 Å². The second-order valence-electron chi connectivity index (χ2n) is 2.87. The van der Waals surface area contributed by atoms with Crippen molar-refractivity contribution >= 4 is 19.7 Å². The first-order chi connectivity index (χ1) is 5.91. The molecule has 0 radical (unpaired) electrons. The van der Waals surface area contributed by atoms with E-state index in [-0.39, 0.29) is 10.9 Å². The van der Waals surface area contributed by atoms with Crippen LogP contribution in [0.1, 0.15) is 25.5 Å². The first-order valence-electron chi connectivity index (χ1n) is 3.68. The molecule has 0 aliphatic heterocycles. The summed E-state index contributed by atoms with van der Waals surface area (Å²) in [5, 5.41) is -0.145. The van der Waals surface area contributed by atoms with Gasteiger partial charge in [-0.2, -0.15) is 0 Å². The van der Waals surface area contributed by atoms with Crippen molar-refractivity contribution in [3.8, 4) is 0 Å². The van der Waals surface area contributed by atoms with Crippen LogP contribution >= 0.6 is 10.7 Å². The van der Waals surface area contributed by atoms with E-state index in [4.69, 9.17) is 10.7 Å². The molecule has 0 fully saturated rings. The summed E-state index contributed by atoms with van der Waals surface area (Å²) < 4.78 is 21.8. The zero-order valence-corrected chi connectivity index (χ0v) is 8.80. The van der Waals surface area contributed by atoms with E-state index < -0.39 is 9.05 Å². The molecule has 0 aliphatic rings. The van der Waals surface area contributed by atoms with Gasteiger partial charge in [0.05, 0.1) is 0 Å². The molecular weight excluding hydrogens is 212 g/mol. The molecule has 1 aromatic heterocycles. The van der Waals surface area contributed by atoms with Crippen LogP contribution in [-0.2, 0) is 9.05 Å². The molecule has 1 rings (SSSR count). The Bertz CT molecular complexity index is 403. The smallest absolute Gasteiger partial charge is 0.241 e. The highest BCUT2D eigenvalue weighted by molar-refractivity contribution is 8.13. The maximum atomic E-state index is 10.9. The molecule has 4 nitrogen and oxygen atoms in total. The molecular formula is C7H9ClN2O2S. The van der Waals surface area contributed by atoms with Crippen LogP contribution in [0.15, 0.2) is 17.4 Å². The molecule has 0 saturated carbocycles. The number of halogens is 1. The standard InChI is InChI=1S/C7H9ClN2O2S/c1-5(2)6-3-7(10-4-9-6)13(8,11)12/h3-5H,1-2H3. The minimum absolute atomic E-state index is 0.145. The van der Waals surface area contributed by atoms with Crippen molar-refractivity contribution in [3.05, 3.63) is 18.1 Å². The number of nitrogens with zero attached hydrogens (tertiary/aromatic N) is 2. The molecule has 72 valence electrons. The van der Waals surface area contributed by atoms with Crippen LogP contribution in [-0.4, -0.2) is 18.4 Å². The lowest BCUT2D eigenvalue weighted by atomic mass is 10.1. The molecule has 0 unspecified atom stereocenters. The predicted octanol–water partition coefficient (Wildman–Crippen LogP) is 1.53. The lowest BCUT2D eigenvalue weighted by Crippen LogP contribution is -2.00. The first kappa shape index (κ1) is 10.4. The van der Waals surface area contributed by atoms with Crippen molar-refractivity contribution in [3.63, 3.8) is 0 Å². The number of hydrogen-bond acceptors (Lipinski definition) is 4. The quantitative estimate of drug-likeness (QED) is 0.560. The van der Waals surface area contributed by atoms with Crippen LogP contribution < -0.4 is 0 Å². The minimum atomic E-state index is -3.74. The van der Waals surface area contributed by atoms with E-state index in [9.17, 15) is 8.42 Å². The third-order valence-electron chi connectivity index (χ3n) is 1.50. The van der Waals surface area contributed by atoms with Gasteiger partial charge in [-0.1, -0.05) is 13.8 Å². The third-order valence-corrected chi connectivity index (χ3v) is 2.70. The fourth-order valence-electron chi connectivity index (χ4n) is 0.803. The number of rotatable bonds is 2. The summed E-state index contributed by atoms with van der Waals surface area (Å²) in [7, 11) is 1.38. The van der Waals surface area contributed by atoms with Gasteiger partial charge in [0.15, 0.2) is 5.03 Å². The molecule has 0 N–H and O–H groups in total. The summed E-state index contributed by atoms with van der Waals surface area (Å²) in [5.41, 5.74) is 0.661. The SMILES string of the molecule is CC(C)c1cc(S(=O)(=O)Cl)ncn1. The second-order valence-corrected chi connectivity index (χ2v) is 5.39. The molecule has 13 heavy (non-hydrogen) atoms. The molecule has 0 saturated heterocycles. The van der Waals surface area contributed by atoms with Crippen LogP contribution in [0.5, 0.6) is 0 Å². The van der Waals surface area contributed by atoms with E-state index in [1.54, 1.807) is 0 Å². The second kappa shape index (κ2) is 3.59. The molecule has 0 amide bonds. The van der Waals surface area contributed by atoms with Crippen molar-refractivity contribution in [2.75, 3.05) is 0 Å². The van der Waals surface area contributed by atoms with Crippen LogP contribution in [0.25, 0.3) is 0 Å². The lowest BCUT2D eigenvalue weighted by Gasteiger charge is -2.03. The van der Waals surface area contributed by atoms with Crippen LogP contribution in [0.2, 0.25) is 0 Å². The van der Waals surface area contributed by atoms with Gasteiger partial charge in [-0.25, -0.2) is 18.4 Å². The lowest BCUT2D eigenvalue weighted by molar-refractivity contribution is 0.605. The molecule has 1 heterocycles. The predicted molar refractivity (Wildman–Crippen MR) is 49.2 cm³/mol. The van der Waals surface area contributed by atoms with Gasteiger partial charge in [0.25, 0.3) is 9.05 Å². The summed E-state index contributed by atoms with van der Waals surface area (Å²) in [6.07, 6.45) is 1.20. The third kappa shape index (κ3) is 2.63. The Morgan fingerprint density at radius 3 is 2.46 bits per heavy atom. The van der Waals surface area contributed by atoms with Gasteiger partial charge in [0.1, 0.15) is 6.33 Å². The fourth-order valence-corrected chi connectivity index (χ4v) is 1.49. The van der Waals surface area contributed by atoms with Crippen molar-refractivity contribution in [2.24, 2.45) is 0 Å². The Morgan fingerprint density at radius 2 is 2.00 bits per heavy atom. The molecule has 0 bridgehead atoms. The van der Waals surface area contributed by atoms with Crippen LogP contribution in [0, 0.1) is 0 Å². The molecule has 1 aromatic rings. The van der Waals surface area contributed by atoms with E-state index in [0.29, 0.717) is 5.69 Å². The van der Waals surface area contributed by atoms with Crippen molar-refractivity contribution in [2.45, 2.75) is 24.8 Å². The summed E-state index contributed by atoms with van der Waals surface area (Å²) in [5.74, 6) is 0.153. The highest BCUT2D eigenvalue weighted by Crippen LogP contribution is 2.16. The molecule has 0 aromatic carbocycles. The minimum Gasteiger partial charge on any atom is -0.241 e. The Hall–Kier alpha value is -0.680. The van der Waals surface area contributed by atoms with E-state index >= 15 is 0 Å². The van der Waals surface area contributed by atoms with E-state index in [1.165, 1.54) is 12.4 Å². The summed E-state index contributed by atoms with van der Waals surface area (Å²) in [6.45, 7) is 3.82. The van der Waals surface area contributed by atoms with Crippen molar-refractivity contribution in [1.82, 2.24) is 9.97 Å². The van der Waals surface area contributed by atoms with Crippen LogP contribution in [0.3, 0.4) is 0 Å². The zero-order valence-electron chi connectivity index (χ0n) is 7.23. The normalized spacial score (nSPS) is 12.0. The van der Waals surface area contributed by atoms with Gasteiger partial charge in [0.2, 0.25) is 0 Å². The summed E-state index contributed by atoms with van der Waals surface area (Å²) in [4.78, 5) is 7.48. The summed E-state index contributed by atoms with van der Waals surface area (Å²) in [6, 6.07) is 1.38. The number of aromatic nitrogens is 2. The maximum Gasteiger partial charge on any atom is 0.278 e. The van der Waals surface area contributed by atoms with Gasteiger partial charge in [0, 0.05) is 16.4 Å².